The lowest BCUT2D eigenvalue weighted by Crippen LogP contribution is -2.53. The van der Waals surface area contributed by atoms with Gasteiger partial charge in [0.05, 0.1) is 18.2 Å². The van der Waals surface area contributed by atoms with Gasteiger partial charge in [0.15, 0.2) is 0 Å². The summed E-state index contributed by atoms with van der Waals surface area (Å²) in [4.78, 5) is 28.3. The Morgan fingerprint density at radius 3 is 2.38 bits per heavy atom. The SMILES string of the molecule is COc1ccc(OCc2c(Cl)cc(F)cc2[C@H](C)N2CCN(C(=O)OC(C)(C)C)CC2=O)cc1. The summed E-state index contributed by atoms with van der Waals surface area (Å²) in [5.74, 6) is 0.541. The highest BCUT2D eigenvalue weighted by molar-refractivity contribution is 6.31. The number of ether oxygens (including phenoxy) is 3. The second kappa shape index (κ2) is 10.5. The van der Waals surface area contributed by atoms with Crippen molar-refractivity contribution in [3.05, 3.63) is 58.4 Å². The van der Waals surface area contributed by atoms with E-state index >= 15 is 0 Å². The van der Waals surface area contributed by atoms with Crippen molar-refractivity contribution >= 4 is 23.6 Å². The first-order chi connectivity index (χ1) is 16.0. The van der Waals surface area contributed by atoms with Crippen LogP contribution in [0.4, 0.5) is 9.18 Å². The van der Waals surface area contributed by atoms with Crippen molar-refractivity contribution < 1.29 is 28.2 Å². The third-order valence-electron chi connectivity index (χ3n) is 5.46. The maximum atomic E-state index is 14.3. The van der Waals surface area contributed by atoms with Crippen molar-refractivity contribution in [2.75, 3.05) is 26.7 Å². The van der Waals surface area contributed by atoms with Crippen LogP contribution in [0.5, 0.6) is 11.5 Å². The van der Waals surface area contributed by atoms with E-state index in [1.807, 2.05) is 6.92 Å². The number of piperazine rings is 1. The quantitative estimate of drug-likeness (QED) is 0.554. The molecule has 0 spiro atoms. The number of amides is 2. The van der Waals surface area contributed by atoms with E-state index in [-0.39, 0.29) is 30.6 Å². The molecular formula is C25H30ClFN2O5. The van der Waals surface area contributed by atoms with Crippen molar-refractivity contribution in [2.24, 2.45) is 0 Å². The maximum Gasteiger partial charge on any atom is 0.410 e. The lowest BCUT2D eigenvalue weighted by Gasteiger charge is -2.38. The lowest BCUT2D eigenvalue weighted by atomic mass is 9.99. The smallest absolute Gasteiger partial charge is 0.410 e. The zero-order chi connectivity index (χ0) is 25.0. The molecule has 1 aliphatic heterocycles. The van der Waals surface area contributed by atoms with Gasteiger partial charge >= 0.3 is 6.09 Å². The standard InChI is InChI=1S/C25H30ClFN2O5/c1-16(29-11-10-28(14-23(29)30)24(31)34-25(2,3)4)20-12-17(27)13-22(26)21(20)15-33-19-8-6-18(32-5)7-9-19/h6-9,12-13,16H,10-11,14-15H2,1-5H3/t16-/m0/s1. The van der Waals surface area contributed by atoms with Crippen molar-refractivity contribution in [2.45, 2.75) is 45.9 Å². The third kappa shape index (κ3) is 6.32. The van der Waals surface area contributed by atoms with E-state index < -0.39 is 23.6 Å². The van der Waals surface area contributed by atoms with Gasteiger partial charge in [-0.25, -0.2) is 9.18 Å². The van der Waals surface area contributed by atoms with Crippen molar-refractivity contribution in [3.8, 4) is 11.5 Å². The number of methoxy groups -OCH3 is 1. The molecule has 34 heavy (non-hydrogen) atoms. The fourth-order valence-electron chi connectivity index (χ4n) is 3.72. The number of carbonyl (C=O) groups is 2. The monoisotopic (exact) mass is 492 g/mol. The molecule has 9 heteroatoms. The van der Waals surface area contributed by atoms with Gasteiger partial charge < -0.3 is 19.1 Å². The Labute approximate surface area is 204 Å². The molecule has 3 rings (SSSR count). The van der Waals surface area contributed by atoms with Crippen LogP contribution in [0.3, 0.4) is 0 Å². The molecule has 184 valence electrons. The zero-order valence-corrected chi connectivity index (χ0v) is 20.8. The summed E-state index contributed by atoms with van der Waals surface area (Å²) < 4.78 is 30.7. The molecule has 0 saturated carbocycles. The van der Waals surface area contributed by atoms with Gasteiger partial charge in [-0.1, -0.05) is 11.6 Å². The fourth-order valence-corrected chi connectivity index (χ4v) is 3.99. The highest BCUT2D eigenvalue weighted by atomic mass is 35.5. The topological polar surface area (TPSA) is 68.3 Å². The molecular weight excluding hydrogens is 463 g/mol. The van der Waals surface area contributed by atoms with Crippen LogP contribution in [0.15, 0.2) is 36.4 Å². The Balaban J connectivity index is 1.75. The molecule has 1 aliphatic rings. The minimum Gasteiger partial charge on any atom is -0.497 e. The van der Waals surface area contributed by atoms with Gasteiger partial charge in [0.1, 0.15) is 36.1 Å². The number of nitrogens with zero attached hydrogens (tertiary/aromatic N) is 2. The Hall–Kier alpha value is -3.00. The zero-order valence-electron chi connectivity index (χ0n) is 20.1. The number of benzene rings is 2. The van der Waals surface area contributed by atoms with Crippen LogP contribution in [0.1, 0.15) is 44.9 Å². The van der Waals surface area contributed by atoms with Crippen LogP contribution in [-0.4, -0.2) is 54.1 Å². The molecule has 7 nitrogen and oxygen atoms in total. The van der Waals surface area contributed by atoms with Gasteiger partial charge in [0.25, 0.3) is 0 Å². The predicted octanol–water partition coefficient (Wildman–Crippen LogP) is 5.21. The summed E-state index contributed by atoms with van der Waals surface area (Å²) in [5, 5.41) is 0.218. The molecule has 2 amide bonds. The van der Waals surface area contributed by atoms with E-state index in [0.717, 1.165) is 0 Å². The number of carbonyl (C=O) groups excluding carboxylic acids is 2. The minimum atomic E-state index is -0.651. The average molecular weight is 493 g/mol. The van der Waals surface area contributed by atoms with E-state index in [1.165, 1.54) is 17.0 Å². The number of halogens is 2. The Bertz CT molecular complexity index is 1040. The highest BCUT2D eigenvalue weighted by Crippen LogP contribution is 2.32. The van der Waals surface area contributed by atoms with Crippen LogP contribution < -0.4 is 9.47 Å². The van der Waals surface area contributed by atoms with Crippen molar-refractivity contribution in [1.82, 2.24) is 9.80 Å². The van der Waals surface area contributed by atoms with Gasteiger partial charge in [-0.2, -0.15) is 0 Å². The van der Waals surface area contributed by atoms with Gasteiger partial charge in [-0.15, -0.1) is 0 Å². The molecule has 0 aliphatic carbocycles. The first-order valence-electron chi connectivity index (χ1n) is 11.0. The third-order valence-corrected chi connectivity index (χ3v) is 5.80. The minimum absolute atomic E-state index is 0.0944. The second-order valence-corrected chi connectivity index (χ2v) is 9.49. The molecule has 0 N–H and O–H groups in total. The molecule has 1 saturated heterocycles. The van der Waals surface area contributed by atoms with E-state index in [2.05, 4.69) is 0 Å². The van der Waals surface area contributed by atoms with E-state index in [0.29, 0.717) is 29.2 Å². The van der Waals surface area contributed by atoms with Crippen LogP contribution >= 0.6 is 11.6 Å². The summed E-state index contributed by atoms with van der Waals surface area (Å²) in [5.41, 5.74) is 0.494. The summed E-state index contributed by atoms with van der Waals surface area (Å²) in [6.07, 6.45) is -0.532. The first kappa shape index (κ1) is 25.6. The second-order valence-electron chi connectivity index (χ2n) is 9.08. The number of hydrogen-bond acceptors (Lipinski definition) is 5. The van der Waals surface area contributed by atoms with E-state index in [4.69, 9.17) is 25.8 Å². The Kier molecular flexibility index (Phi) is 7.92. The Morgan fingerprint density at radius 2 is 1.79 bits per heavy atom. The van der Waals surface area contributed by atoms with Crippen molar-refractivity contribution in [3.63, 3.8) is 0 Å². The summed E-state index contributed by atoms with van der Waals surface area (Å²) >= 11 is 6.38. The molecule has 0 unspecified atom stereocenters. The van der Waals surface area contributed by atoms with Gasteiger partial charge in [-0.3, -0.25) is 9.69 Å². The summed E-state index contributed by atoms with van der Waals surface area (Å²) in [7, 11) is 1.58. The predicted molar refractivity (Wildman–Crippen MR) is 127 cm³/mol. The molecule has 0 aromatic heterocycles. The van der Waals surface area contributed by atoms with Crippen LogP contribution in [0, 0.1) is 5.82 Å². The number of rotatable bonds is 6. The van der Waals surface area contributed by atoms with Crippen LogP contribution in [-0.2, 0) is 16.1 Å². The Morgan fingerprint density at radius 1 is 1.15 bits per heavy atom. The number of hydrogen-bond donors (Lipinski definition) is 0. The van der Waals surface area contributed by atoms with Gasteiger partial charge in [-0.05, 0) is 69.7 Å². The molecule has 2 aromatic rings. The van der Waals surface area contributed by atoms with E-state index in [9.17, 15) is 14.0 Å². The average Bonchev–Trinajstić information content (AvgIpc) is 2.76. The molecule has 1 heterocycles. The molecule has 0 radical (unpaired) electrons. The maximum absolute atomic E-state index is 14.3. The normalized spacial score (nSPS) is 15.2. The van der Waals surface area contributed by atoms with Gasteiger partial charge in [0, 0.05) is 18.7 Å². The van der Waals surface area contributed by atoms with Crippen LogP contribution in [0.2, 0.25) is 5.02 Å². The molecule has 1 atom stereocenters. The molecule has 2 aromatic carbocycles. The van der Waals surface area contributed by atoms with E-state index in [1.54, 1.807) is 57.0 Å². The highest BCUT2D eigenvalue weighted by Gasteiger charge is 2.33. The lowest BCUT2D eigenvalue weighted by molar-refractivity contribution is -0.138. The largest absolute Gasteiger partial charge is 0.497 e. The van der Waals surface area contributed by atoms with Crippen molar-refractivity contribution in [1.29, 1.82) is 0 Å². The first-order valence-corrected chi connectivity index (χ1v) is 11.4. The molecule has 1 fully saturated rings. The van der Waals surface area contributed by atoms with Gasteiger partial charge in [0.2, 0.25) is 5.91 Å². The summed E-state index contributed by atoms with van der Waals surface area (Å²) in [6.45, 7) is 7.70. The molecule has 0 bridgehead atoms. The van der Waals surface area contributed by atoms with Crippen LogP contribution in [0.25, 0.3) is 0 Å². The summed E-state index contributed by atoms with van der Waals surface area (Å²) in [6, 6.07) is 9.19. The fraction of sp³-hybridized carbons (Fsp3) is 0.440.